The number of nitrogens with one attached hydrogen (secondary N) is 1. The molecule has 0 bridgehead atoms. The van der Waals surface area contributed by atoms with Crippen LogP contribution < -0.4 is 5.32 Å². The number of fused-ring (bicyclic) bond motifs is 1. The molecule has 1 aliphatic rings. The average molecular weight is 470 g/mol. The van der Waals surface area contributed by atoms with E-state index in [1.54, 1.807) is 11.6 Å². The number of alkyl halides is 6. The van der Waals surface area contributed by atoms with Gasteiger partial charge in [0.25, 0.3) is 0 Å². The molecule has 2 amide bonds. The number of halogens is 6. The van der Waals surface area contributed by atoms with Gasteiger partial charge in [0, 0.05) is 23.6 Å². The minimum atomic E-state index is -4.67. The number of rotatable bonds is 2. The summed E-state index contributed by atoms with van der Waals surface area (Å²) in [5, 5.41) is 6.61. The van der Waals surface area contributed by atoms with Crippen molar-refractivity contribution in [1.29, 1.82) is 0 Å². The van der Waals surface area contributed by atoms with Crippen LogP contribution in [0.1, 0.15) is 23.9 Å². The van der Waals surface area contributed by atoms with Crippen LogP contribution in [0.15, 0.2) is 42.9 Å². The second kappa shape index (κ2) is 8.05. The van der Waals surface area contributed by atoms with Crippen molar-refractivity contribution in [2.75, 3.05) is 5.32 Å². The van der Waals surface area contributed by atoms with Crippen molar-refractivity contribution in [3.8, 4) is 11.3 Å². The van der Waals surface area contributed by atoms with Gasteiger partial charge in [0.05, 0.1) is 42.3 Å². The monoisotopic (exact) mass is 470 g/mol. The maximum atomic E-state index is 13.1. The largest absolute Gasteiger partial charge is 0.433 e. The van der Waals surface area contributed by atoms with Crippen molar-refractivity contribution in [3.05, 3.63) is 59.8 Å². The van der Waals surface area contributed by atoms with Gasteiger partial charge in [-0.3, -0.25) is 14.6 Å². The molecule has 1 atom stereocenters. The molecule has 174 valence electrons. The van der Waals surface area contributed by atoms with Crippen molar-refractivity contribution in [1.82, 2.24) is 24.6 Å². The van der Waals surface area contributed by atoms with E-state index < -0.39 is 29.6 Å². The average Bonchev–Trinajstić information content (AvgIpc) is 3.15. The normalized spacial score (nSPS) is 16.5. The molecule has 4 rings (SSSR count). The van der Waals surface area contributed by atoms with E-state index in [4.69, 9.17) is 0 Å². The molecule has 0 saturated heterocycles. The Hall–Kier alpha value is -3.64. The van der Waals surface area contributed by atoms with E-state index in [2.05, 4.69) is 20.4 Å². The van der Waals surface area contributed by atoms with Crippen molar-refractivity contribution < 1.29 is 31.1 Å². The first-order valence-electron chi connectivity index (χ1n) is 9.62. The third kappa shape index (κ3) is 4.61. The molecule has 13 heteroatoms. The van der Waals surface area contributed by atoms with Gasteiger partial charge < -0.3 is 10.2 Å². The van der Waals surface area contributed by atoms with E-state index in [9.17, 15) is 31.1 Å². The molecule has 7 nitrogen and oxygen atoms in total. The lowest BCUT2D eigenvalue weighted by Crippen LogP contribution is -2.47. The Balaban J connectivity index is 1.59. The molecule has 0 aromatic carbocycles. The number of pyridine rings is 2. The minimum absolute atomic E-state index is 0.0303. The highest BCUT2D eigenvalue weighted by atomic mass is 19.4. The standard InChI is InChI=1S/C20H16F6N6O/c1-11-9-32-16(14(8-29-32)15-6-12(2-4-27-15)19(21,22)23)10-31(11)18(33)30-13-3-5-28-17(7-13)20(24,25)26/h2-8,11H,9-10H2,1H3,(H,28,30,33). The van der Waals surface area contributed by atoms with Gasteiger partial charge in [-0.2, -0.15) is 31.4 Å². The molecule has 0 spiro atoms. The lowest BCUT2D eigenvalue weighted by molar-refractivity contribution is -0.141. The van der Waals surface area contributed by atoms with E-state index in [1.807, 2.05) is 0 Å². The fourth-order valence-corrected chi connectivity index (χ4v) is 3.50. The van der Waals surface area contributed by atoms with Crippen LogP contribution in [0.3, 0.4) is 0 Å². The second-order valence-corrected chi connectivity index (χ2v) is 7.45. The Morgan fingerprint density at radius 1 is 1.06 bits per heavy atom. The van der Waals surface area contributed by atoms with Gasteiger partial charge in [-0.15, -0.1) is 0 Å². The van der Waals surface area contributed by atoms with Crippen LogP contribution in [-0.4, -0.2) is 36.7 Å². The minimum Gasteiger partial charge on any atom is -0.314 e. The first kappa shape index (κ1) is 22.6. The van der Waals surface area contributed by atoms with Crippen molar-refractivity contribution in [2.45, 2.75) is 38.4 Å². The van der Waals surface area contributed by atoms with Crippen LogP contribution in [0.25, 0.3) is 11.3 Å². The molecule has 0 saturated carbocycles. The van der Waals surface area contributed by atoms with Gasteiger partial charge in [-0.25, -0.2) is 4.79 Å². The van der Waals surface area contributed by atoms with Gasteiger partial charge in [0.1, 0.15) is 5.69 Å². The number of carbonyl (C=O) groups is 1. The highest BCUT2D eigenvalue weighted by Crippen LogP contribution is 2.34. The van der Waals surface area contributed by atoms with Crippen LogP contribution in [0.4, 0.5) is 36.8 Å². The van der Waals surface area contributed by atoms with E-state index in [-0.39, 0.29) is 30.5 Å². The summed E-state index contributed by atoms with van der Waals surface area (Å²) in [5.74, 6) is 0. The Kier molecular flexibility index (Phi) is 5.50. The molecule has 1 unspecified atom stereocenters. The quantitative estimate of drug-likeness (QED) is 0.546. The fraction of sp³-hybridized carbons (Fsp3) is 0.300. The Morgan fingerprint density at radius 2 is 1.79 bits per heavy atom. The summed E-state index contributed by atoms with van der Waals surface area (Å²) in [6, 6.07) is 2.64. The molecule has 0 radical (unpaired) electrons. The second-order valence-electron chi connectivity index (χ2n) is 7.45. The lowest BCUT2D eigenvalue weighted by Gasteiger charge is -2.34. The fourth-order valence-electron chi connectivity index (χ4n) is 3.50. The zero-order valence-electron chi connectivity index (χ0n) is 16.9. The summed E-state index contributed by atoms with van der Waals surface area (Å²) in [6.07, 6.45) is -5.86. The highest BCUT2D eigenvalue weighted by molar-refractivity contribution is 5.89. The number of hydrogen-bond acceptors (Lipinski definition) is 4. The first-order chi connectivity index (χ1) is 15.4. The highest BCUT2D eigenvalue weighted by Gasteiger charge is 2.34. The maximum absolute atomic E-state index is 13.1. The van der Waals surface area contributed by atoms with E-state index in [0.29, 0.717) is 11.3 Å². The smallest absolute Gasteiger partial charge is 0.314 e. The van der Waals surface area contributed by atoms with Crippen LogP contribution in [-0.2, 0) is 25.4 Å². The number of carbonyl (C=O) groups excluding carboxylic acids is 1. The van der Waals surface area contributed by atoms with Crippen LogP contribution in [0, 0.1) is 0 Å². The summed E-state index contributed by atoms with van der Waals surface area (Å²) in [6.45, 7) is 1.93. The zero-order chi connectivity index (χ0) is 24.0. The molecular formula is C20H16F6N6O. The van der Waals surface area contributed by atoms with Gasteiger partial charge in [0.2, 0.25) is 0 Å². The summed E-state index contributed by atoms with van der Waals surface area (Å²) in [7, 11) is 0. The van der Waals surface area contributed by atoms with Gasteiger partial charge in [0.15, 0.2) is 0 Å². The summed E-state index contributed by atoms with van der Waals surface area (Å²) in [5.41, 5.74) is -1.28. The number of nitrogens with zero attached hydrogens (tertiary/aromatic N) is 5. The first-order valence-corrected chi connectivity index (χ1v) is 9.62. The Bertz CT molecular complexity index is 1190. The van der Waals surface area contributed by atoms with Crippen LogP contribution >= 0.6 is 0 Å². The Morgan fingerprint density at radius 3 is 2.48 bits per heavy atom. The summed E-state index contributed by atoms with van der Waals surface area (Å²) < 4.78 is 79.5. The molecule has 1 N–H and O–H groups in total. The summed E-state index contributed by atoms with van der Waals surface area (Å²) >= 11 is 0. The van der Waals surface area contributed by atoms with E-state index in [1.165, 1.54) is 17.2 Å². The third-order valence-electron chi connectivity index (χ3n) is 5.16. The van der Waals surface area contributed by atoms with E-state index in [0.717, 1.165) is 30.6 Å². The van der Waals surface area contributed by atoms with Crippen molar-refractivity contribution in [2.24, 2.45) is 0 Å². The molecule has 3 aromatic heterocycles. The van der Waals surface area contributed by atoms with E-state index >= 15 is 0 Å². The number of hydrogen-bond donors (Lipinski definition) is 1. The zero-order valence-corrected chi connectivity index (χ0v) is 16.9. The Labute approximate surface area is 183 Å². The predicted molar refractivity (Wildman–Crippen MR) is 104 cm³/mol. The van der Waals surface area contributed by atoms with Gasteiger partial charge in [-0.1, -0.05) is 0 Å². The third-order valence-corrected chi connectivity index (χ3v) is 5.16. The molecular weight excluding hydrogens is 454 g/mol. The molecule has 3 aromatic rings. The van der Waals surface area contributed by atoms with Crippen molar-refractivity contribution in [3.63, 3.8) is 0 Å². The number of aromatic nitrogens is 4. The topological polar surface area (TPSA) is 75.9 Å². The molecule has 0 fully saturated rings. The lowest BCUT2D eigenvalue weighted by atomic mass is 10.1. The maximum Gasteiger partial charge on any atom is 0.433 e. The number of urea groups is 1. The van der Waals surface area contributed by atoms with Gasteiger partial charge in [-0.05, 0) is 31.2 Å². The van der Waals surface area contributed by atoms with Crippen LogP contribution in [0.2, 0.25) is 0 Å². The van der Waals surface area contributed by atoms with Crippen molar-refractivity contribution >= 4 is 11.7 Å². The van der Waals surface area contributed by atoms with Crippen LogP contribution in [0.5, 0.6) is 0 Å². The predicted octanol–water partition coefficient (Wildman–Crippen LogP) is 4.81. The molecule has 1 aliphatic heterocycles. The molecule has 0 aliphatic carbocycles. The molecule has 4 heterocycles. The summed E-state index contributed by atoms with van der Waals surface area (Å²) in [4.78, 5) is 21.4. The number of amides is 2. The van der Waals surface area contributed by atoms with Gasteiger partial charge >= 0.3 is 18.4 Å². The SMILES string of the molecule is CC1Cn2ncc(-c3cc(C(F)(F)F)ccn3)c2CN1C(=O)Nc1ccnc(C(F)(F)F)c1. The molecule has 33 heavy (non-hydrogen) atoms. The number of anilines is 1.